The van der Waals surface area contributed by atoms with Crippen LogP contribution in [0.25, 0.3) is 0 Å². The molecule has 2 aromatic rings. The van der Waals surface area contributed by atoms with Crippen molar-refractivity contribution in [2.24, 2.45) is 0 Å². The third kappa shape index (κ3) is 2.51. The van der Waals surface area contributed by atoms with Gasteiger partial charge in [-0.1, -0.05) is 6.07 Å². The number of hydrogen-bond acceptors (Lipinski definition) is 2. The van der Waals surface area contributed by atoms with Gasteiger partial charge in [-0.05, 0) is 80.6 Å². The lowest BCUT2D eigenvalue weighted by Gasteiger charge is -2.25. The average Bonchev–Trinajstić information content (AvgIpc) is 2.37. The summed E-state index contributed by atoms with van der Waals surface area (Å²) >= 11 is 0. The molecule has 0 unspecified atom stereocenters. The number of rotatable bonds is 2. The SMILES string of the molecule is Cc1cc(C)c(N(C)c2cc(C)c(C)cc2N)cc1C. The van der Waals surface area contributed by atoms with Crippen LogP contribution in [0.2, 0.25) is 0 Å². The van der Waals surface area contributed by atoms with E-state index in [0.717, 1.165) is 11.4 Å². The summed E-state index contributed by atoms with van der Waals surface area (Å²) in [5.41, 5.74) is 15.7. The molecule has 0 spiro atoms. The Balaban J connectivity index is 2.54. The summed E-state index contributed by atoms with van der Waals surface area (Å²) in [4.78, 5) is 2.18. The van der Waals surface area contributed by atoms with E-state index < -0.39 is 0 Å². The molecule has 2 nitrogen and oxygen atoms in total. The van der Waals surface area contributed by atoms with Gasteiger partial charge in [0.2, 0.25) is 0 Å². The van der Waals surface area contributed by atoms with Gasteiger partial charge < -0.3 is 10.6 Å². The minimum absolute atomic E-state index is 0.827. The van der Waals surface area contributed by atoms with Crippen LogP contribution in [0.1, 0.15) is 27.8 Å². The van der Waals surface area contributed by atoms with Crippen LogP contribution in [0, 0.1) is 34.6 Å². The summed E-state index contributed by atoms with van der Waals surface area (Å²) in [6.45, 7) is 10.7. The van der Waals surface area contributed by atoms with Crippen molar-refractivity contribution in [2.75, 3.05) is 17.7 Å². The van der Waals surface area contributed by atoms with Crippen LogP contribution in [0.4, 0.5) is 17.1 Å². The van der Waals surface area contributed by atoms with Gasteiger partial charge >= 0.3 is 0 Å². The van der Waals surface area contributed by atoms with Gasteiger partial charge in [0, 0.05) is 12.7 Å². The van der Waals surface area contributed by atoms with E-state index >= 15 is 0 Å². The largest absolute Gasteiger partial charge is 0.397 e. The van der Waals surface area contributed by atoms with E-state index in [9.17, 15) is 0 Å². The predicted octanol–water partition coefficient (Wildman–Crippen LogP) is 4.58. The molecule has 0 aliphatic heterocycles. The number of aryl methyl sites for hydroxylation is 5. The van der Waals surface area contributed by atoms with Crippen molar-refractivity contribution in [1.29, 1.82) is 0 Å². The highest BCUT2D eigenvalue weighted by Crippen LogP contribution is 2.34. The first-order chi connectivity index (χ1) is 9.31. The number of hydrogen-bond donors (Lipinski definition) is 1. The van der Waals surface area contributed by atoms with Gasteiger partial charge in [-0.25, -0.2) is 0 Å². The molecule has 0 atom stereocenters. The topological polar surface area (TPSA) is 29.3 Å². The van der Waals surface area contributed by atoms with Crippen LogP contribution in [-0.4, -0.2) is 7.05 Å². The van der Waals surface area contributed by atoms with Crippen LogP contribution < -0.4 is 10.6 Å². The smallest absolute Gasteiger partial charge is 0.0644 e. The summed E-state index contributed by atoms with van der Waals surface area (Å²) in [5, 5.41) is 0. The molecule has 0 heterocycles. The van der Waals surface area contributed by atoms with Gasteiger partial charge in [0.25, 0.3) is 0 Å². The Kier molecular flexibility index (Phi) is 3.76. The number of nitrogens with two attached hydrogens (primary N) is 1. The highest BCUT2D eigenvalue weighted by atomic mass is 15.1. The minimum Gasteiger partial charge on any atom is -0.397 e. The monoisotopic (exact) mass is 268 g/mol. The van der Waals surface area contributed by atoms with Crippen LogP contribution in [0.15, 0.2) is 24.3 Å². The molecule has 2 rings (SSSR count). The van der Waals surface area contributed by atoms with Crippen molar-refractivity contribution < 1.29 is 0 Å². The van der Waals surface area contributed by atoms with Gasteiger partial charge in [-0.15, -0.1) is 0 Å². The number of nitrogens with zero attached hydrogens (tertiary/aromatic N) is 1. The summed E-state index contributed by atoms with van der Waals surface area (Å²) in [6.07, 6.45) is 0. The molecule has 0 saturated heterocycles. The maximum atomic E-state index is 6.20. The molecule has 0 aliphatic carbocycles. The third-order valence-electron chi connectivity index (χ3n) is 4.18. The van der Waals surface area contributed by atoms with Gasteiger partial charge in [0.05, 0.1) is 11.4 Å². The molecule has 0 saturated carbocycles. The Morgan fingerprint density at radius 1 is 0.650 bits per heavy atom. The Hall–Kier alpha value is -1.96. The molecular weight excluding hydrogens is 244 g/mol. The van der Waals surface area contributed by atoms with Crippen LogP contribution in [0.3, 0.4) is 0 Å². The van der Waals surface area contributed by atoms with E-state index in [1.165, 1.54) is 33.5 Å². The van der Waals surface area contributed by atoms with E-state index in [2.05, 4.69) is 70.8 Å². The van der Waals surface area contributed by atoms with Crippen molar-refractivity contribution in [3.63, 3.8) is 0 Å². The molecule has 2 heteroatoms. The molecule has 20 heavy (non-hydrogen) atoms. The molecule has 0 aromatic heterocycles. The number of benzene rings is 2. The molecule has 0 radical (unpaired) electrons. The third-order valence-corrected chi connectivity index (χ3v) is 4.18. The second-order valence-electron chi connectivity index (χ2n) is 5.78. The molecule has 106 valence electrons. The molecular formula is C18H24N2. The second kappa shape index (κ2) is 5.20. The Labute approximate surface area is 122 Å². The van der Waals surface area contributed by atoms with Crippen LogP contribution >= 0.6 is 0 Å². The first kappa shape index (κ1) is 14.4. The van der Waals surface area contributed by atoms with Gasteiger partial charge in [0.15, 0.2) is 0 Å². The van der Waals surface area contributed by atoms with Gasteiger partial charge in [-0.3, -0.25) is 0 Å². The zero-order valence-corrected chi connectivity index (χ0v) is 13.3. The van der Waals surface area contributed by atoms with Crippen molar-refractivity contribution in [3.05, 3.63) is 52.1 Å². The zero-order chi connectivity index (χ0) is 15.0. The average molecular weight is 268 g/mol. The van der Waals surface area contributed by atoms with Crippen LogP contribution in [-0.2, 0) is 0 Å². The fourth-order valence-corrected chi connectivity index (χ4v) is 2.55. The standard InChI is InChI=1S/C18H24N2/c1-11-7-15(5)17(9-13(11)3)20(6)18-10-14(4)12(2)8-16(18)19/h7-10H,19H2,1-6H3. The number of anilines is 3. The summed E-state index contributed by atoms with van der Waals surface area (Å²) < 4.78 is 0. The second-order valence-corrected chi connectivity index (χ2v) is 5.78. The van der Waals surface area contributed by atoms with Crippen molar-refractivity contribution >= 4 is 17.1 Å². The van der Waals surface area contributed by atoms with E-state index in [1.807, 2.05) is 0 Å². The minimum atomic E-state index is 0.827. The molecule has 2 aromatic carbocycles. The van der Waals surface area contributed by atoms with Gasteiger partial charge in [0.1, 0.15) is 0 Å². The summed E-state index contributed by atoms with van der Waals surface area (Å²) in [5.74, 6) is 0. The van der Waals surface area contributed by atoms with E-state index in [4.69, 9.17) is 5.73 Å². The molecule has 0 aliphatic rings. The molecule has 0 bridgehead atoms. The Morgan fingerprint density at radius 2 is 1.10 bits per heavy atom. The summed E-state index contributed by atoms with van der Waals surface area (Å²) in [7, 11) is 2.08. The fraction of sp³-hybridized carbons (Fsp3) is 0.333. The maximum Gasteiger partial charge on any atom is 0.0644 e. The lowest BCUT2D eigenvalue weighted by molar-refractivity contribution is 1.16. The van der Waals surface area contributed by atoms with Crippen molar-refractivity contribution in [3.8, 4) is 0 Å². The quantitative estimate of drug-likeness (QED) is 0.808. The predicted molar refractivity (Wildman–Crippen MR) is 89.0 cm³/mol. The van der Waals surface area contributed by atoms with E-state index in [-0.39, 0.29) is 0 Å². The number of nitrogen functional groups attached to an aromatic ring is 1. The highest BCUT2D eigenvalue weighted by molar-refractivity contribution is 5.77. The van der Waals surface area contributed by atoms with Gasteiger partial charge in [-0.2, -0.15) is 0 Å². The first-order valence-corrected chi connectivity index (χ1v) is 6.99. The van der Waals surface area contributed by atoms with Crippen molar-refractivity contribution in [1.82, 2.24) is 0 Å². The Morgan fingerprint density at radius 3 is 1.70 bits per heavy atom. The Bertz CT molecular complexity index is 599. The maximum absolute atomic E-state index is 6.20. The van der Waals surface area contributed by atoms with Crippen molar-refractivity contribution in [2.45, 2.75) is 34.6 Å². The highest BCUT2D eigenvalue weighted by Gasteiger charge is 2.12. The lowest BCUT2D eigenvalue weighted by Crippen LogP contribution is -2.14. The fourth-order valence-electron chi connectivity index (χ4n) is 2.55. The zero-order valence-electron chi connectivity index (χ0n) is 13.3. The van der Waals surface area contributed by atoms with E-state index in [1.54, 1.807) is 0 Å². The van der Waals surface area contributed by atoms with E-state index in [0.29, 0.717) is 0 Å². The normalized spacial score (nSPS) is 10.7. The lowest BCUT2D eigenvalue weighted by atomic mass is 10.0. The first-order valence-electron chi connectivity index (χ1n) is 6.99. The molecule has 0 amide bonds. The molecule has 0 fully saturated rings. The van der Waals surface area contributed by atoms with Crippen LogP contribution in [0.5, 0.6) is 0 Å². The molecule has 2 N–H and O–H groups in total. The summed E-state index contributed by atoms with van der Waals surface area (Å²) in [6, 6.07) is 8.69.